The van der Waals surface area contributed by atoms with Crippen LogP contribution in [-0.2, 0) is 14.2 Å². The number of aliphatic hydroxyl groups is 1. The van der Waals surface area contributed by atoms with Crippen molar-refractivity contribution in [1.82, 2.24) is 9.97 Å². The van der Waals surface area contributed by atoms with E-state index in [-0.39, 0.29) is 18.7 Å². The molecule has 8 nitrogen and oxygen atoms in total. The van der Waals surface area contributed by atoms with E-state index in [1.165, 1.54) is 25.1 Å². The van der Waals surface area contributed by atoms with Gasteiger partial charge in [0, 0.05) is 20.4 Å². The first-order valence-electron chi connectivity index (χ1n) is 7.08. The summed E-state index contributed by atoms with van der Waals surface area (Å²) in [4.78, 5) is 21.7. The molecule has 9 heteroatoms. The van der Waals surface area contributed by atoms with E-state index in [2.05, 4.69) is 9.97 Å². The molecular formula is C14H21N3O5S. The first kappa shape index (κ1) is 18.1. The first-order chi connectivity index (χ1) is 11.1. The molecule has 2 rings (SSSR count). The number of hydrogen-bond donors (Lipinski definition) is 1. The van der Waals surface area contributed by atoms with Crippen LogP contribution in [0, 0.1) is 0 Å². The normalized spacial score (nSPS) is 22.1. The summed E-state index contributed by atoms with van der Waals surface area (Å²) in [6.07, 6.45) is 2.81. The Morgan fingerprint density at radius 1 is 1.57 bits per heavy atom. The molecule has 1 aliphatic heterocycles. The molecule has 0 aromatic carbocycles. The summed E-state index contributed by atoms with van der Waals surface area (Å²) in [7, 11) is 3.01. The predicted octanol–water partition coefficient (Wildman–Crippen LogP) is 0.196. The molecule has 1 N–H and O–H groups in total. The molecule has 0 amide bonds. The lowest BCUT2D eigenvalue weighted by molar-refractivity contribution is -0.0685. The number of aliphatic hydroxyl groups excluding tert-OH is 1. The van der Waals surface area contributed by atoms with Gasteiger partial charge >= 0.3 is 0 Å². The Morgan fingerprint density at radius 2 is 2.35 bits per heavy atom. The van der Waals surface area contributed by atoms with Crippen LogP contribution in [0.3, 0.4) is 0 Å². The summed E-state index contributed by atoms with van der Waals surface area (Å²) in [5, 5.41) is 10.5. The summed E-state index contributed by atoms with van der Waals surface area (Å²) in [6, 6.07) is -0.187. The van der Waals surface area contributed by atoms with Crippen LogP contribution in [0.1, 0.15) is 10.4 Å². The van der Waals surface area contributed by atoms with E-state index in [1.54, 1.807) is 12.0 Å². The minimum absolute atomic E-state index is 0.135. The smallest absolute Gasteiger partial charge is 0.189 e. The van der Waals surface area contributed by atoms with Crippen LogP contribution < -0.4 is 4.90 Å². The molecule has 1 fully saturated rings. The van der Waals surface area contributed by atoms with E-state index in [9.17, 15) is 9.90 Å². The van der Waals surface area contributed by atoms with Crippen LogP contribution in [0.4, 0.5) is 5.82 Å². The fourth-order valence-corrected chi connectivity index (χ4v) is 2.77. The van der Waals surface area contributed by atoms with E-state index in [0.717, 1.165) is 0 Å². The third-order valence-electron chi connectivity index (χ3n) is 3.68. The number of hydrogen-bond acceptors (Lipinski definition) is 9. The number of carbonyl (C=O) groups is 1. The van der Waals surface area contributed by atoms with Gasteiger partial charge in [-0.3, -0.25) is 4.79 Å². The topological polar surface area (TPSA) is 94.0 Å². The monoisotopic (exact) mass is 343 g/mol. The number of aldehydes is 1. The lowest BCUT2D eigenvalue weighted by atomic mass is 10.1. The first-order valence-corrected chi connectivity index (χ1v) is 8.31. The number of ether oxygens (including phenoxy) is 3. The molecule has 3 atom stereocenters. The second-order valence-corrected chi connectivity index (χ2v) is 5.75. The molecule has 1 unspecified atom stereocenters. The van der Waals surface area contributed by atoms with Gasteiger partial charge in [0.2, 0.25) is 0 Å². The number of aromatic nitrogens is 2. The highest BCUT2D eigenvalue weighted by Gasteiger charge is 2.36. The van der Waals surface area contributed by atoms with Crippen LogP contribution in [0.15, 0.2) is 11.4 Å². The van der Waals surface area contributed by atoms with Gasteiger partial charge < -0.3 is 24.2 Å². The average molecular weight is 343 g/mol. The molecule has 1 aliphatic rings. The zero-order valence-corrected chi connectivity index (χ0v) is 14.2. The van der Waals surface area contributed by atoms with Gasteiger partial charge in [0.05, 0.1) is 31.4 Å². The van der Waals surface area contributed by atoms with Gasteiger partial charge in [-0.2, -0.15) is 0 Å². The van der Waals surface area contributed by atoms with Crippen molar-refractivity contribution >= 4 is 23.9 Å². The molecular weight excluding hydrogens is 322 g/mol. The van der Waals surface area contributed by atoms with Crippen molar-refractivity contribution in [2.75, 3.05) is 45.1 Å². The van der Waals surface area contributed by atoms with E-state index < -0.39 is 6.29 Å². The van der Waals surface area contributed by atoms with Crippen molar-refractivity contribution < 1.29 is 24.1 Å². The van der Waals surface area contributed by atoms with Crippen molar-refractivity contribution in [3.8, 4) is 0 Å². The quantitative estimate of drug-likeness (QED) is 0.307. The van der Waals surface area contributed by atoms with E-state index >= 15 is 0 Å². The maximum atomic E-state index is 11.4. The molecule has 0 spiro atoms. The molecule has 0 bridgehead atoms. The molecule has 0 aliphatic carbocycles. The summed E-state index contributed by atoms with van der Waals surface area (Å²) in [6.45, 7) is 0.986. The number of anilines is 1. The summed E-state index contributed by atoms with van der Waals surface area (Å²) >= 11 is 1.37. The molecule has 1 aromatic heterocycles. The van der Waals surface area contributed by atoms with Crippen LogP contribution >= 0.6 is 11.8 Å². The molecule has 1 saturated heterocycles. The number of carbonyl (C=O) groups excluding carboxylic acids is 1. The minimum Gasteiger partial charge on any atom is -0.377 e. The Morgan fingerprint density at radius 3 is 2.96 bits per heavy atom. The van der Waals surface area contributed by atoms with Gasteiger partial charge in [-0.25, -0.2) is 9.97 Å². The number of thioether (sulfide) groups is 1. The molecule has 128 valence electrons. The lowest BCUT2D eigenvalue weighted by Gasteiger charge is -2.34. The third-order valence-corrected chi connectivity index (χ3v) is 4.25. The Kier molecular flexibility index (Phi) is 6.72. The molecule has 0 saturated carbocycles. The van der Waals surface area contributed by atoms with Crippen LogP contribution in [0.25, 0.3) is 0 Å². The fraction of sp³-hybridized carbons (Fsp3) is 0.643. The van der Waals surface area contributed by atoms with Crippen LogP contribution in [0.5, 0.6) is 0 Å². The molecule has 0 radical (unpaired) electrons. The largest absolute Gasteiger partial charge is 0.377 e. The second kappa shape index (κ2) is 8.55. The van der Waals surface area contributed by atoms with Gasteiger partial charge in [-0.15, -0.1) is 0 Å². The minimum atomic E-state index is -1.03. The van der Waals surface area contributed by atoms with Gasteiger partial charge in [0.1, 0.15) is 11.9 Å². The maximum absolute atomic E-state index is 11.4. The van der Waals surface area contributed by atoms with Crippen molar-refractivity contribution in [1.29, 1.82) is 0 Å². The zero-order valence-electron chi connectivity index (χ0n) is 13.3. The van der Waals surface area contributed by atoms with Crippen LogP contribution in [-0.4, -0.2) is 80.0 Å². The van der Waals surface area contributed by atoms with Gasteiger partial charge in [0.25, 0.3) is 0 Å². The predicted molar refractivity (Wildman–Crippen MR) is 85.0 cm³/mol. The van der Waals surface area contributed by atoms with Crippen molar-refractivity contribution in [2.24, 2.45) is 0 Å². The van der Waals surface area contributed by atoms with Gasteiger partial charge in [-0.1, -0.05) is 11.8 Å². The highest BCUT2D eigenvalue weighted by Crippen LogP contribution is 2.26. The standard InChI is InChI=1S/C14H21N3O5S/c1-20-11-8-22-7-10(11)17(5-12(19)21-2)13-9(6-18)4-15-14(16-13)23-3/h4,6,10-12,19H,5,7-8H2,1-3H3/t10-,11-,12?/m0/s1. The molecule has 1 aromatic rings. The summed E-state index contributed by atoms with van der Waals surface area (Å²) in [5.41, 5.74) is 0.341. The van der Waals surface area contributed by atoms with Crippen molar-refractivity contribution in [3.05, 3.63) is 11.8 Å². The Labute approximate surface area is 139 Å². The second-order valence-electron chi connectivity index (χ2n) is 4.98. The SMILES string of the molecule is COC(O)CN(c1nc(SC)ncc1C=O)[C@H]1COC[C@@H]1OC. The highest BCUT2D eigenvalue weighted by atomic mass is 32.2. The molecule has 2 heterocycles. The Hall–Kier alpha value is -1.26. The van der Waals surface area contributed by atoms with Gasteiger partial charge in [0.15, 0.2) is 17.7 Å². The number of methoxy groups -OCH3 is 2. The lowest BCUT2D eigenvalue weighted by Crippen LogP contribution is -2.48. The maximum Gasteiger partial charge on any atom is 0.189 e. The summed E-state index contributed by atoms with van der Waals surface area (Å²) < 4.78 is 15.9. The van der Waals surface area contributed by atoms with E-state index in [0.29, 0.717) is 36.0 Å². The third kappa shape index (κ3) is 4.18. The number of nitrogens with zero attached hydrogens (tertiary/aromatic N) is 3. The van der Waals surface area contributed by atoms with Gasteiger partial charge in [-0.05, 0) is 6.26 Å². The van der Waals surface area contributed by atoms with Crippen molar-refractivity contribution in [3.63, 3.8) is 0 Å². The summed E-state index contributed by atoms with van der Waals surface area (Å²) in [5.74, 6) is 0.438. The average Bonchev–Trinajstić information content (AvgIpc) is 3.07. The Bertz CT molecular complexity index is 533. The Balaban J connectivity index is 2.41. The van der Waals surface area contributed by atoms with E-state index in [1.807, 2.05) is 6.26 Å². The van der Waals surface area contributed by atoms with Crippen LogP contribution in [0.2, 0.25) is 0 Å². The fourth-order valence-electron chi connectivity index (χ4n) is 2.44. The van der Waals surface area contributed by atoms with Crippen molar-refractivity contribution in [2.45, 2.75) is 23.6 Å². The molecule has 23 heavy (non-hydrogen) atoms. The number of rotatable bonds is 8. The highest BCUT2D eigenvalue weighted by molar-refractivity contribution is 7.98. The zero-order chi connectivity index (χ0) is 16.8. The van der Waals surface area contributed by atoms with E-state index in [4.69, 9.17) is 14.2 Å².